The van der Waals surface area contributed by atoms with E-state index in [4.69, 9.17) is 14.2 Å². The molecule has 1 N–H and O–H groups in total. The first-order chi connectivity index (χ1) is 10.9. The number of carbonyl (C=O) groups is 1. The van der Waals surface area contributed by atoms with Gasteiger partial charge >= 0.3 is 0 Å². The number of carbonyl (C=O) groups excluding carboxylic acids is 1. The van der Waals surface area contributed by atoms with Crippen molar-refractivity contribution in [1.82, 2.24) is 5.32 Å². The number of amides is 1. The minimum absolute atomic E-state index is 0.0127. The maximum Gasteiger partial charge on any atom is 0.254 e. The van der Waals surface area contributed by atoms with Crippen LogP contribution in [0.5, 0.6) is 0 Å². The molecular formula is C14H15F4NO4. The largest absolute Gasteiger partial charge is 0.379 e. The summed E-state index contributed by atoms with van der Waals surface area (Å²) in [6, 6.07) is -0.567. The molecule has 0 saturated carbocycles. The Balaban J connectivity index is 2.28. The molecule has 1 heterocycles. The van der Waals surface area contributed by atoms with E-state index >= 15 is 0 Å². The van der Waals surface area contributed by atoms with Gasteiger partial charge in [-0.05, 0) is 6.07 Å². The second kappa shape index (κ2) is 6.81. The van der Waals surface area contributed by atoms with Crippen LogP contribution in [-0.2, 0) is 14.2 Å². The highest BCUT2D eigenvalue weighted by Crippen LogP contribution is 2.26. The monoisotopic (exact) mass is 337 g/mol. The molecule has 1 atom stereocenters. The van der Waals surface area contributed by atoms with E-state index in [-0.39, 0.29) is 19.1 Å². The van der Waals surface area contributed by atoms with E-state index < -0.39 is 46.6 Å². The maximum absolute atomic E-state index is 13.7. The van der Waals surface area contributed by atoms with Gasteiger partial charge in [-0.2, -0.15) is 0 Å². The molecule has 2 rings (SSSR count). The molecule has 0 bridgehead atoms. The highest BCUT2D eigenvalue weighted by molar-refractivity contribution is 5.94. The number of rotatable bonds is 4. The van der Waals surface area contributed by atoms with Gasteiger partial charge in [0.25, 0.3) is 5.91 Å². The number of nitrogens with one attached hydrogen (secondary N) is 1. The fourth-order valence-corrected chi connectivity index (χ4v) is 2.41. The summed E-state index contributed by atoms with van der Waals surface area (Å²) in [4.78, 5) is 12.1. The minimum atomic E-state index is -2.06. The Labute approximate surface area is 129 Å². The molecule has 1 amide bonds. The van der Waals surface area contributed by atoms with Crippen molar-refractivity contribution in [3.05, 3.63) is 34.9 Å². The van der Waals surface area contributed by atoms with Crippen LogP contribution in [-0.4, -0.2) is 45.2 Å². The van der Waals surface area contributed by atoms with Gasteiger partial charge in [-0.3, -0.25) is 4.79 Å². The van der Waals surface area contributed by atoms with Gasteiger partial charge in [-0.15, -0.1) is 0 Å². The van der Waals surface area contributed by atoms with E-state index in [1.807, 2.05) is 0 Å². The third-order valence-electron chi connectivity index (χ3n) is 3.75. The molecule has 1 fully saturated rings. The summed E-state index contributed by atoms with van der Waals surface area (Å²) in [6.07, 6.45) is 0.277. The zero-order valence-corrected chi connectivity index (χ0v) is 12.4. The summed E-state index contributed by atoms with van der Waals surface area (Å²) in [5.41, 5.74) is -0.965. The molecule has 0 radical (unpaired) electrons. The molecule has 9 heteroatoms. The van der Waals surface area contributed by atoms with E-state index in [2.05, 4.69) is 5.32 Å². The molecule has 128 valence electrons. The predicted octanol–water partition coefficient (Wildman–Crippen LogP) is 1.75. The van der Waals surface area contributed by atoms with Gasteiger partial charge in [0.1, 0.15) is 6.04 Å². The second-order valence-electron chi connectivity index (χ2n) is 4.92. The van der Waals surface area contributed by atoms with Gasteiger partial charge in [0.2, 0.25) is 0 Å². The smallest absolute Gasteiger partial charge is 0.254 e. The van der Waals surface area contributed by atoms with Crippen molar-refractivity contribution in [2.24, 2.45) is 0 Å². The van der Waals surface area contributed by atoms with Gasteiger partial charge in [0, 0.05) is 20.6 Å². The van der Waals surface area contributed by atoms with Crippen LogP contribution in [0.25, 0.3) is 0 Å². The Morgan fingerprint density at radius 2 is 1.87 bits per heavy atom. The average molecular weight is 337 g/mol. The second-order valence-corrected chi connectivity index (χ2v) is 4.92. The number of hydrogen-bond donors (Lipinski definition) is 1. The lowest BCUT2D eigenvalue weighted by Gasteiger charge is -2.41. The van der Waals surface area contributed by atoms with E-state index in [0.717, 1.165) is 0 Å². The van der Waals surface area contributed by atoms with Crippen molar-refractivity contribution in [1.29, 1.82) is 0 Å². The lowest BCUT2D eigenvalue weighted by molar-refractivity contribution is -0.256. The summed E-state index contributed by atoms with van der Waals surface area (Å²) in [7, 11) is 2.71. The lowest BCUT2D eigenvalue weighted by Crippen LogP contribution is -2.60. The van der Waals surface area contributed by atoms with Crippen LogP contribution in [0.3, 0.4) is 0 Å². The molecule has 5 nitrogen and oxygen atoms in total. The molecule has 1 unspecified atom stereocenters. The fraction of sp³-hybridized carbons (Fsp3) is 0.500. The van der Waals surface area contributed by atoms with E-state index in [9.17, 15) is 22.4 Å². The van der Waals surface area contributed by atoms with Crippen molar-refractivity contribution >= 4 is 5.91 Å². The molecule has 1 aliphatic rings. The normalized spacial score (nSPS) is 20.3. The molecule has 1 aromatic rings. The Morgan fingerprint density at radius 3 is 2.48 bits per heavy atom. The van der Waals surface area contributed by atoms with Crippen LogP contribution in [0, 0.1) is 23.3 Å². The lowest BCUT2D eigenvalue weighted by atomic mass is 10.0. The van der Waals surface area contributed by atoms with Crippen molar-refractivity contribution < 1.29 is 36.6 Å². The summed E-state index contributed by atoms with van der Waals surface area (Å²) >= 11 is 0. The van der Waals surface area contributed by atoms with Gasteiger partial charge in [-0.1, -0.05) is 0 Å². The SMILES string of the molecule is COC1(OC)CCOCC1NC(=O)c1cc(F)c(F)c(F)c1F. The average Bonchev–Trinajstić information content (AvgIpc) is 2.56. The minimum Gasteiger partial charge on any atom is -0.379 e. The van der Waals surface area contributed by atoms with Crippen LogP contribution >= 0.6 is 0 Å². The Kier molecular flexibility index (Phi) is 5.23. The van der Waals surface area contributed by atoms with Gasteiger partial charge in [0.05, 0.1) is 18.8 Å². The van der Waals surface area contributed by atoms with Gasteiger partial charge in [-0.25, -0.2) is 17.6 Å². The van der Waals surface area contributed by atoms with Crippen molar-refractivity contribution in [3.63, 3.8) is 0 Å². The number of methoxy groups -OCH3 is 2. The standard InChI is InChI=1S/C14H15F4NO4/c1-21-14(22-2)3-4-23-6-9(14)19-13(20)7-5-8(15)11(17)12(18)10(7)16/h5,9H,3-4,6H2,1-2H3,(H,19,20). The first-order valence-electron chi connectivity index (χ1n) is 6.68. The Bertz CT molecular complexity index is 607. The Hall–Kier alpha value is -1.71. The van der Waals surface area contributed by atoms with Crippen LogP contribution < -0.4 is 5.32 Å². The molecule has 1 aromatic carbocycles. The molecular weight excluding hydrogens is 322 g/mol. The third-order valence-corrected chi connectivity index (χ3v) is 3.75. The van der Waals surface area contributed by atoms with Crippen LogP contribution in [0.1, 0.15) is 16.8 Å². The van der Waals surface area contributed by atoms with Crippen molar-refractivity contribution in [2.45, 2.75) is 18.2 Å². The fourth-order valence-electron chi connectivity index (χ4n) is 2.41. The Morgan fingerprint density at radius 1 is 1.22 bits per heavy atom. The number of ether oxygens (including phenoxy) is 3. The van der Waals surface area contributed by atoms with Gasteiger partial charge < -0.3 is 19.5 Å². The first-order valence-corrected chi connectivity index (χ1v) is 6.68. The number of hydrogen-bond acceptors (Lipinski definition) is 4. The van der Waals surface area contributed by atoms with Crippen molar-refractivity contribution in [3.8, 4) is 0 Å². The van der Waals surface area contributed by atoms with Crippen molar-refractivity contribution in [2.75, 3.05) is 27.4 Å². The molecule has 0 spiro atoms. The molecule has 0 aromatic heterocycles. The number of halogens is 4. The zero-order chi connectivity index (χ0) is 17.2. The van der Waals surface area contributed by atoms with E-state index in [1.165, 1.54) is 14.2 Å². The van der Waals surface area contributed by atoms with E-state index in [1.54, 1.807) is 0 Å². The summed E-state index contributed by atoms with van der Waals surface area (Å²) in [5.74, 6) is -9.85. The highest BCUT2D eigenvalue weighted by atomic mass is 19.2. The highest BCUT2D eigenvalue weighted by Gasteiger charge is 2.43. The van der Waals surface area contributed by atoms with Crippen LogP contribution in [0.15, 0.2) is 6.07 Å². The summed E-state index contributed by atoms with van der Waals surface area (Å²) in [6.45, 7) is 0.295. The molecule has 0 aliphatic carbocycles. The van der Waals surface area contributed by atoms with Gasteiger partial charge in [0.15, 0.2) is 29.1 Å². The molecule has 23 heavy (non-hydrogen) atoms. The summed E-state index contributed by atoms with van der Waals surface area (Å²) < 4.78 is 68.8. The zero-order valence-electron chi connectivity index (χ0n) is 12.4. The third kappa shape index (κ3) is 3.17. The van der Waals surface area contributed by atoms with E-state index in [0.29, 0.717) is 6.61 Å². The topological polar surface area (TPSA) is 56.8 Å². The molecule has 1 saturated heterocycles. The quantitative estimate of drug-likeness (QED) is 0.394. The van der Waals surface area contributed by atoms with Crippen LogP contribution in [0.4, 0.5) is 17.6 Å². The first kappa shape index (κ1) is 17.6. The predicted molar refractivity (Wildman–Crippen MR) is 69.7 cm³/mol. The number of benzene rings is 1. The van der Waals surface area contributed by atoms with Crippen LogP contribution in [0.2, 0.25) is 0 Å². The maximum atomic E-state index is 13.7. The summed E-state index contributed by atoms with van der Waals surface area (Å²) in [5, 5.41) is 2.33. The molecule has 1 aliphatic heterocycles.